The molecule has 4 rings (SSSR count). The molecule has 0 fully saturated rings. The molecule has 4 aromatic rings. The van der Waals surface area contributed by atoms with Gasteiger partial charge in [0.15, 0.2) is 0 Å². The van der Waals surface area contributed by atoms with Gasteiger partial charge in [-0.1, -0.05) is 85.3 Å². The zero-order chi connectivity index (χ0) is 32.6. The molecule has 2 amide bonds. The van der Waals surface area contributed by atoms with Crippen molar-refractivity contribution in [3.63, 3.8) is 0 Å². The van der Waals surface area contributed by atoms with Gasteiger partial charge in [0.1, 0.15) is 12.6 Å². The lowest BCUT2D eigenvalue weighted by Gasteiger charge is -2.34. The molecule has 7 nitrogen and oxygen atoms in total. The average molecular weight is 646 g/mol. The Morgan fingerprint density at radius 3 is 2.18 bits per heavy atom. The third-order valence-electron chi connectivity index (χ3n) is 7.84. The van der Waals surface area contributed by atoms with Crippen molar-refractivity contribution in [2.75, 3.05) is 10.8 Å². The van der Waals surface area contributed by atoms with E-state index >= 15 is 0 Å². The van der Waals surface area contributed by atoms with Crippen molar-refractivity contribution in [1.29, 1.82) is 0 Å². The van der Waals surface area contributed by atoms with E-state index in [1.807, 2.05) is 88.4 Å². The molecule has 236 valence electrons. The highest BCUT2D eigenvalue weighted by Crippen LogP contribution is 2.27. The summed E-state index contributed by atoms with van der Waals surface area (Å²) >= 11 is 6.07. The number of nitrogens with zero attached hydrogens (tertiary/aromatic N) is 2. The Balaban J connectivity index is 1.82. The lowest BCUT2D eigenvalue weighted by molar-refractivity contribution is -0.140. The third-order valence-corrected chi connectivity index (χ3v) is 9.88. The molecule has 9 heteroatoms. The Morgan fingerprint density at radius 1 is 0.867 bits per heavy atom. The minimum absolute atomic E-state index is 0.00186. The van der Waals surface area contributed by atoms with Crippen molar-refractivity contribution in [2.24, 2.45) is 0 Å². The summed E-state index contributed by atoms with van der Waals surface area (Å²) in [5, 5.41) is 3.46. The summed E-state index contributed by atoms with van der Waals surface area (Å²) in [6.07, 6.45) is 0.977. The molecule has 0 unspecified atom stereocenters. The van der Waals surface area contributed by atoms with Crippen LogP contribution in [0.25, 0.3) is 0 Å². The highest BCUT2D eigenvalue weighted by Gasteiger charge is 2.35. The number of sulfonamides is 1. The number of hydrogen-bond donors (Lipinski definition) is 1. The number of halogens is 1. The number of rotatable bonds is 13. The molecule has 0 bridgehead atoms. The van der Waals surface area contributed by atoms with E-state index < -0.39 is 28.5 Å². The SMILES string of the molecule is CC[C@@H](C)NC(=O)[C@@H](Cc1ccccc1)N(Cc1ccccc1C)C(=O)CN(c1cccc(C)c1)S(=O)(=O)c1ccc(Cl)cc1. The third kappa shape index (κ3) is 8.74. The molecule has 0 spiro atoms. The van der Waals surface area contributed by atoms with Crippen LogP contribution in [0.5, 0.6) is 0 Å². The maximum Gasteiger partial charge on any atom is 0.264 e. The first kappa shape index (κ1) is 33.7. The molecule has 0 aliphatic carbocycles. The average Bonchev–Trinajstić information content (AvgIpc) is 3.02. The zero-order valence-corrected chi connectivity index (χ0v) is 27.7. The number of carbonyl (C=O) groups is 2. The second kappa shape index (κ2) is 15.2. The van der Waals surface area contributed by atoms with Gasteiger partial charge in [-0.3, -0.25) is 13.9 Å². The van der Waals surface area contributed by atoms with E-state index in [1.165, 1.54) is 29.2 Å². The first-order valence-corrected chi connectivity index (χ1v) is 16.8. The van der Waals surface area contributed by atoms with Gasteiger partial charge in [-0.05, 0) is 85.8 Å². The predicted octanol–water partition coefficient (Wildman–Crippen LogP) is 6.71. The first-order chi connectivity index (χ1) is 21.5. The summed E-state index contributed by atoms with van der Waals surface area (Å²) in [4.78, 5) is 30.0. The smallest absolute Gasteiger partial charge is 0.264 e. The molecular weight excluding hydrogens is 606 g/mol. The number of hydrogen-bond acceptors (Lipinski definition) is 4. The quantitative estimate of drug-likeness (QED) is 0.175. The van der Waals surface area contributed by atoms with E-state index in [2.05, 4.69) is 5.32 Å². The monoisotopic (exact) mass is 645 g/mol. The van der Waals surface area contributed by atoms with Crippen molar-refractivity contribution in [3.05, 3.63) is 130 Å². The summed E-state index contributed by atoms with van der Waals surface area (Å²) in [6.45, 7) is 7.32. The number of aryl methyl sites for hydroxylation is 2. The molecule has 0 saturated heterocycles. The molecule has 0 heterocycles. The van der Waals surface area contributed by atoms with Crippen LogP contribution in [0.4, 0.5) is 5.69 Å². The lowest BCUT2D eigenvalue weighted by atomic mass is 10.0. The van der Waals surface area contributed by atoms with Gasteiger partial charge in [0.2, 0.25) is 11.8 Å². The number of nitrogens with one attached hydrogen (secondary N) is 1. The predicted molar refractivity (Wildman–Crippen MR) is 181 cm³/mol. The van der Waals surface area contributed by atoms with Crippen LogP contribution in [0.2, 0.25) is 5.02 Å². The van der Waals surface area contributed by atoms with E-state index in [1.54, 1.807) is 18.2 Å². The van der Waals surface area contributed by atoms with Crippen molar-refractivity contribution < 1.29 is 18.0 Å². The second-order valence-corrected chi connectivity index (χ2v) is 13.6. The first-order valence-electron chi connectivity index (χ1n) is 15.0. The Morgan fingerprint density at radius 2 is 1.53 bits per heavy atom. The number of benzene rings is 4. The van der Waals surface area contributed by atoms with Gasteiger partial charge in [0.25, 0.3) is 10.0 Å². The Hall–Kier alpha value is -4.14. The van der Waals surface area contributed by atoms with Crippen LogP contribution >= 0.6 is 11.6 Å². The van der Waals surface area contributed by atoms with Crippen LogP contribution in [0.15, 0.2) is 108 Å². The van der Waals surface area contributed by atoms with Gasteiger partial charge < -0.3 is 10.2 Å². The van der Waals surface area contributed by atoms with Crippen LogP contribution in [-0.4, -0.2) is 43.8 Å². The van der Waals surface area contributed by atoms with Gasteiger partial charge in [-0.25, -0.2) is 8.42 Å². The van der Waals surface area contributed by atoms with E-state index in [0.29, 0.717) is 10.7 Å². The molecule has 0 saturated carbocycles. The van der Waals surface area contributed by atoms with Crippen LogP contribution in [0.1, 0.15) is 42.5 Å². The highest BCUT2D eigenvalue weighted by molar-refractivity contribution is 7.92. The second-order valence-electron chi connectivity index (χ2n) is 11.3. The van der Waals surface area contributed by atoms with Crippen molar-refractivity contribution in [2.45, 2.75) is 64.1 Å². The fourth-order valence-corrected chi connectivity index (χ4v) is 6.54. The highest BCUT2D eigenvalue weighted by atomic mass is 35.5. The van der Waals surface area contributed by atoms with Gasteiger partial charge in [0, 0.05) is 24.0 Å². The van der Waals surface area contributed by atoms with E-state index in [0.717, 1.165) is 33.0 Å². The fraction of sp³-hybridized carbons (Fsp3) is 0.278. The summed E-state index contributed by atoms with van der Waals surface area (Å²) in [5.41, 5.74) is 3.89. The lowest BCUT2D eigenvalue weighted by Crippen LogP contribution is -2.54. The molecule has 0 aliphatic rings. The van der Waals surface area contributed by atoms with E-state index in [9.17, 15) is 18.0 Å². The van der Waals surface area contributed by atoms with Crippen molar-refractivity contribution in [3.8, 4) is 0 Å². The van der Waals surface area contributed by atoms with E-state index in [4.69, 9.17) is 11.6 Å². The maximum absolute atomic E-state index is 14.6. The topological polar surface area (TPSA) is 86.8 Å². The molecule has 45 heavy (non-hydrogen) atoms. The maximum atomic E-state index is 14.6. The van der Waals surface area contributed by atoms with Crippen LogP contribution in [0, 0.1) is 13.8 Å². The summed E-state index contributed by atoms with van der Waals surface area (Å²) < 4.78 is 29.4. The van der Waals surface area contributed by atoms with Crippen LogP contribution in [-0.2, 0) is 32.6 Å². The number of carbonyl (C=O) groups excluding carboxylic acids is 2. The Labute approximate surface area is 271 Å². The number of amides is 2. The molecule has 1 N–H and O–H groups in total. The minimum Gasteiger partial charge on any atom is -0.352 e. The zero-order valence-electron chi connectivity index (χ0n) is 26.1. The van der Waals surface area contributed by atoms with Crippen molar-refractivity contribution in [1.82, 2.24) is 10.2 Å². The van der Waals surface area contributed by atoms with Crippen molar-refractivity contribution >= 4 is 39.1 Å². The minimum atomic E-state index is -4.20. The van der Waals surface area contributed by atoms with Gasteiger partial charge >= 0.3 is 0 Å². The fourth-order valence-electron chi connectivity index (χ4n) is 5.01. The summed E-state index contributed by atoms with van der Waals surface area (Å²) in [7, 11) is -4.20. The molecular formula is C36H40ClN3O4S. The van der Waals surface area contributed by atoms with Gasteiger partial charge in [0.05, 0.1) is 10.6 Å². The molecule has 0 aliphatic heterocycles. The standard InChI is InChI=1S/C36H40ClN3O4S/c1-5-28(4)38-36(42)34(23-29-14-7-6-8-15-29)39(24-30-16-10-9-13-27(30)3)35(41)25-40(32-17-11-12-26(2)22-32)45(43,44)33-20-18-31(37)19-21-33/h6-22,28,34H,5,23-25H2,1-4H3,(H,38,42)/t28-,34-/m1/s1. The van der Waals surface area contributed by atoms with E-state index in [-0.39, 0.29) is 29.8 Å². The van der Waals surface area contributed by atoms with Gasteiger partial charge in [-0.15, -0.1) is 0 Å². The number of anilines is 1. The van der Waals surface area contributed by atoms with Crippen LogP contribution in [0.3, 0.4) is 0 Å². The molecule has 2 atom stereocenters. The normalized spacial score (nSPS) is 12.6. The summed E-state index contributed by atoms with van der Waals surface area (Å²) in [6, 6.07) is 29.1. The Kier molecular flexibility index (Phi) is 11.4. The molecule has 0 aromatic heterocycles. The summed E-state index contributed by atoms with van der Waals surface area (Å²) in [5.74, 6) is -0.796. The molecule has 0 radical (unpaired) electrons. The Bertz CT molecular complexity index is 1710. The molecule has 4 aromatic carbocycles. The largest absolute Gasteiger partial charge is 0.352 e. The van der Waals surface area contributed by atoms with Crippen LogP contribution < -0.4 is 9.62 Å². The van der Waals surface area contributed by atoms with Gasteiger partial charge in [-0.2, -0.15) is 0 Å².